The summed E-state index contributed by atoms with van der Waals surface area (Å²) in [6.45, 7) is 3.88. The first-order valence-electron chi connectivity index (χ1n) is 5.34. The molecule has 2 aromatic rings. The zero-order valence-corrected chi connectivity index (χ0v) is 9.77. The van der Waals surface area contributed by atoms with Gasteiger partial charge in [-0.2, -0.15) is 0 Å². The van der Waals surface area contributed by atoms with E-state index in [1.165, 1.54) is 0 Å². The lowest BCUT2D eigenvalue weighted by molar-refractivity contribution is 0.0697. The molecule has 0 saturated heterocycles. The Bertz CT molecular complexity index is 576. The number of hydrogen-bond donors (Lipinski definition) is 1. The molecule has 17 heavy (non-hydrogen) atoms. The van der Waals surface area contributed by atoms with Crippen LogP contribution in [0.15, 0.2) is 36.7 Å². The number of nitrogens with zero attached hydrogens (tertiary/aromatic N) is 1. The van der Waals surface area contributed by atoms with Crippen LogP contribution in [0.2, 0.25) is 0 Å². The van der Waals surface area contributed by atoms with E-state index >= 15 is 0 Å². The predicted octanol–water partition coefficient (Wildman–Crippen LogP) is 3.06. The lowest BCUT2D eigenvalue weighted by Crippen LogP contribution is -1.97. The first kappa shape index (κ1) is 11.3. The molecule has 0 atom stereocenters. The van der Waals surface area contributed by atoms with Crippen molar-refractivity contribution in [3.05, 3.63) is 53.3 Å². The molecule has 0 aliphatic rings. The van der Waals surface area contributed by atoms with E-state index in [9.17, 15) is 4.79 Å². The minimum Gasteiger partial charge on any atom is -0.478 e. The fraction of sp³-hybridized carbons (Fsp3) is 0.143. The van der Waals surface area contributed by atoms with Gasteiger partial charge in [0.05, 0.1) is 5.56 Å². The van der Waals surface area contributed by atoms with E-state index in [1.54, 1.807) is 24.5 Å². The number of aryl methyl sites for hydroxylation is 2. The summed E-state index contributed by atoms with van der Waals surface area (Å²) in [4.78, 5) is 15.1. The van der Waals surface area contributed by atoms with E-state index in [4.69, 9.17) is 5.11 Å². The second-order valence-electron chi connectivity index (χ2n) is 4.08. The summed E-state index contributed by atoms with van der Waals surface area (Å²) in [7, 11) is 0. The highest BCUT2D eigenvalue weighted by Gasteiger charge is 2.08. The van der Waals surface area contributed by atoms with Crippen LogP contribution in [0.4, 0.5) is 0 Å². The number of carboxylic acids is 1. The van der Waals surface area contributed by atoms with Crippen molar-refractivity contribution in [2.75, 3.05) is 0 Å². The summed E-state index contributed by atoms with van der Waals surface area (Å²) in [5.74, 6) is -0.906. The Morgan fingerprint density at radius 2 is 2.00 bits per heavy atom. The van der Waals surface area contributed by atoms with Crippen molar-refractivity contribution in [3.8, 4) is 11.1 Å². The van der Waals surface area contributed by atoms with Crippen LogP contribution in [0.1, 0.15) is 21.5 Å². The number of aromatic nitrogens is 1. The minimum absolute atomic E-state index is 0.309. The standard InChI is InChI=1S/C14H13NO2/c1-9-5-11(7-12(6-9)14(16)17)13-8-15-4-3-10(13)2/h3-8H,1-2H3,(H,16,17). The highest BCUT2D eigenvalue weighted by molar-refractivity contribution is 5.90. The number of rotatable bonds is 2. The number of aromatic carboxylic acids is 1. The van der Waals surface area contributed by atoms with Gasteiger partial charge in [0, 0.05) is 18.0 Å². The van der Waals surface area contributed by atoms with Crippen LogP contribution in [-0.4, -0.2) is 16.1 Å². The van der Waals surface area contributed by atoms with Crippen LogP contribution < -0.4 is 0 Å². The highest BCUT2D eigenvalue weighted by atomic mass is 16.4. The summed E-state index contributed by atoms with van der Waals surface area (Å²) < 4.78 is 0. The van der Waals surface area contributed by atoms with E-state index in [0.29, 0.717) is 5.56 Å². The molecule has 3 nitrogen and oxygen atoms in total. The van der Waals surface area contributed by atoms with Gasteiger partial charge in [-0.25, -0.2) is 4.79 Å². The molecule has 86 valence electrons. The molecule has 1 N–H and O–H groups in total. The Kier molecular flexibility index (Phi) is 2.91. The van der Waals surface area contributed by atoms with Crippen LogP contribution in [0, 0.1) is 13.8 Å². The molecule has 0 saturated carbocycles. The Labute approximate surface area is 99.8 Å². The van der Waals surface area contributed by atoms with Crippen molar-refractivity contribution < 1.29 is 9.90 Å². The normalized spacial score (nSPS) is 10.2. The van der Waals surface area contributed by atoms with Gasteiger partial charge in [0.25, 0.3) is 0 Å². The van der Waals surface area contributed by atoms with Crippen LogP contribution in [0.3, 0.4) is 0 Å². The van der Waals surface area contributed by atoms with E-state index in [2.05, 4.69) is 4.98 Å². The molecule has 1 aromatic carbocycles. The summed E-state index contributed by atoms with van der Waals surface area (Å²) in [5.41, 5.74) is 4.19. The van der Waals surface area contributed by atoms with Crippen molar-refractivity contribution in [2.45, 2.75) is 13.8 Å². The van der Waals surface area contributed by atoms with Crippen molar-refractivity contribution in [1.82, 2.24) is 4.98 Å². The van der Waals surface area contributed by atoms with Gasteiger partial charge in [-0.15, -0.1) is 0 Å². The zero-order valence-electron chi connectivity index (χ0n) is 9.77. The van der Waals surface area contributed by atoms with Gasteiger partial charge in [0.2, 0.25) is 0 Å². The fourth-order valence-corrected chi connectivity index (χ4v) is 1.83. The molecular formula is C14H13NO2. The topological polar surface area (TPSA) is 50.2 Å². The molecule has 0 amide bonds. The van der Waals surface area contributed by atoms with Gasteiger partial charge >= 0.3 is 5.97 Å². The molecule has 3 heteroatoms. The van der Waals surface area contributed by atoms with Gasteiger partial charge < -0.3 is 5.11 Å². The monoisotopic (exact) mass is 227 g/mol. The summed E-state index contributed by atoms with van der Waals surface area (Å²) >= 11 is 0. The lowest BCUT2D eigenvalue weighted by Gasteiger charge is -2.07. The first-order chi connectivity index (χ1) is 8.08. The number of benzene rings is 1. The average Bonchev–Trinajstić information content (AvgIpc) is 2.28. The van der Waals surface area contributed by atoms with Crippen LogP contribution in [-0.2, 0) is 0 Å². The third-order valence-electron chi connectivity index (χ3n) is 2.67. The third-order valence-corrected chi connectivity index (χ3v) is 2.67. The molecule has 1 heterocycles. The van der Waals surface area contributed by atoms with Crippen LogP contribution in [0.5, 0.6) is 0 Å². The SMILES string of the molecule is Cc1cc(C(=O)O)cc(-c2cnccc2C)c1. The number of carboxylic acid groups (broad SMARTS) is 1. The molecule has 0 unspecified atom stereocenters. The van der Waals surface area contributed by atoms with E-state index in [1.807, 2.05) is 26.0 Å². The maximum Gasteiger partial charge on any atom is 0.335 e. The van der Waals surface area contributed by atoms with Gasteiger partial charge in [-0.05, 0) is 48.7 Å². The van der Waals surface area contributed by atoms with Crippen molar-refractivity contribution in [2.24, 2.45) is 0 Å². The first-order valence-corrected chi connectivity index (χ1v) is 5.34. The molecule has 0 spiro atoms. The van der Waals surface area contributed by atoms with Gasteiger partial charge in [0.1, 0.15) is 0 Å². The predicted molar refractivity (Wildman–Crippen MR) is 66.1 cm³/mol. The van der Waals surface area contributed by atoms with Gasteiger partial charge in [-0.3, -0.25) is 4.98 Å². The number of hydrogen-bond acceptors (Lipinski definition) is 2. The smallest absolute Gasteiger partial charge is 0.335 e. The maximum atomic E-state index is 11.0. The highest BCUT2D eigenvalue weighted by Crippen LogP contribution is 2.24. The number of pyridine rings is 1. The molecule has 0 bridgehead atoms. The van der Waals surface area contributed by atoms with E-state index < -0.39 is 5.97 Å². The summed E-state index contributed by atoms with van der Waals surface area (Å²) in [6.07, 6.45) is 3.49. The Morgan fingerprint density at radius 3 is 2.65 bits per heavy atom. The summed E-state index contributed by atoms with van der Waals surface area (Å²) in [6, 6.07) is 7.23. The van der Waals surface area contributed by atoms with Gasteiger partial charge in [-0.1, -0.05) is 6.07 Å². The van der Waals surface area contributed by atoms with E-state index in [0.717, 1.165) is 22.3 Å². The minimum atomic E-state index is -0.906. The molecule has 0 aliphatic heterocycles. The average molecular weight is 227 g/mol. The quantitative estimate of drug-likeness (QED) is 0.857. The molecule has 0 fully saturated rings. The van der Waals surface area contributed by atoms with Crippen molar-refractivity contribution in [1.29, 1.82) is 0 Å². The molecule has 1 aromatic heterocycles. The maximum absolute atomic E-state index is 11.0. The number of carbonyl (C=O) groups is 1. The third kappa shape index (κ3) is 2.33. The lowest BCUT2D eigenvalue weighted by atomic mass is 9.98. The van der Waals surface area contributed by atoms with Crippen molar-refractivity contribution >= 4 is 5.97 Å². The van der Waals surface area contributed by atoms with Gasteiger partial charge in [0.15, 0.2) is 0 Å². The molecule has 2 rings (SSSR count). The zero-order chi connectivity index (χ0) is 12.4. The molecule has 0 radical (unpaired) electrons. The van der Waals surface area contributed by atoms with Crippen LogP contribution >= 0.6 is 0 Å². The molecule has 0 aliphatic carbocycles. The van der Waals surface area contributed by atoms with E-state index in [-0.39, 0.29) is 0 Å². The second kappa shape index (κ2) is 4.37. The molecular weight excluding hydrogens is 214 g/mol. The Balaban J connectivity index is 2.60. The largest absolute Gasteiger partial charge is 0.478 e. The Morgan fingerprint density at radius 1 is 1.24 bits per heavy atom. The Hall–Kier alpha value is -2.16. The fourth-order valence-electron chi connectivity index (χ4n) is 1.83. The van der Waals surface area contributed by atoms with Crippen molar-refractivity contribution in [3.63, 3.8) is 0 Å². The summed E-state index contributed by atoms with van der Waals surface area (Å²) in [5, 5.41) is 9.03. The second-order valence-corrected chi connectivity index (χ2v) is 4.08. The van der Waals surface area contributed by atoms with Crippen LogP contribution in [0.25, 0.3) is 11.1 Å².